The molecule has 0 aliphatic carbocycles. The van der Waals surface area contributed by atoms with Crippen molar-refractivity contribution in [1.29, 1.82) is 5.26 Å². The summed E-state index contributed by atoms with van der Waals surface area (Å²) in [6.45, 7) is 2.64. The molecule has 51 heavy (non-hydrogen) atoms. The molecule has 11 nitrogen and oxygen atoms in total. The van der Waals surface area contributed by atoms with E-state index in [0.29, 0.717) is 24.4 Å². The van der Waals surface area contributed by atoms with E-state index < -0.39 is 13.4 Å². The molecular formula is C38H59ClN5O6P. The second-order valence-corrected chi connectivity index (χ2v) is 15.1. The van der Waals surface area contributed by atoms with Crippen LogP contribution in [-0.2, 0) is 29.5 Å². The van der Waals surface area contributed by atoms with Gasteiger partial charge in [-0.1, -0.05) is 127 Å². The summed E-state index contributed by atoms with van der Waals surface area (Å²) in [7, 11) is -2.85. The third-order valence-corrected chi connectivity index (χ3v) is 10.7. The summed E-state index contributed by atoms with van der Waals surface area (Å²) >= 11 is 6.28. The Balaban J connectivity index is 1.35. The van der Waals surface area contributed by atoms with Gasteiger partial charge in [0.05, 0.1) is 18.2 Å². The number of nitrogens with two attached hydrogens (primary N) is 1. The van der Waals surface area contributed by atoms with E-state index in [2.05, 4.69) is 23.1 Å². The number of hydrogen-bond donors (Lipinski definition) is 1. The Hall–Kier alpha value is -2.71. The molecule has 13 heteroatoms. The maximum absolute atomic E-state index is 13.9. The zero-order chi connectivity index (χ0) is 36.6. The predicted octanol–water partition coefficient (Wildman–Crippen LogP) is 10.3. The van der Waals surface area contributed by atoms with Crippen molar-refractivity contribution < 1.29 is 27.6 Å². The molecule has 3 rings (SSSR count). The standard InChI is InChI=1S/C38H59ClN5O6P/c1-3-4-5-6-7-8-9-10-11-12-13-14-15-16-17-20-27-47-28-29-48-51(45,50-36-22-19-18-21-34(36)39)49-31-38(30-40,46-2)26-25-33-23-24-35-37(41)42-32-43-44(33)35/h18-19,21-24,32H,3-17,20,25-29,31H2,1-2H3,(H2,41,42,43)/t38-,51?/m1/s1. The average Bonchev–Trinajstić information content (AvgIpc) is 3.56. The van der Waals surface area contributed by atoms with E-state index in [-0.39, 0.29) is 37.0 Å². The molecule has 2 aromatic heterocycles. The minimum atomic E-state index is -4.25. The molecule has 1 aromatic carbocycles. The van der Waals surface area contributed by atoms with Crippen molar-refractivity contribution >= 4 is 30.8 Å². The van der Waals surface area contributed by atoms with Crippen LogP contribution in [0.2, 0.25) is 5.02 Å². The zero-order valence-electron chi connectivity index (χ0n) is 30.7. The molecule has 0 spiro atoms. The largest absolute Gasteiger partial charge is 0.530 e. The lowest BCUT2D eigenvalue weighted by Gasteiger charge is -2.27. The molecule has 0 fully saturated rings. The molecule has 0 saturated heterocycles. The number of aromatic nitrogens is 3. The Labute approximate surface area is 310 Å². The Morgan fingerprint density at radius 1 is 0.863 bits per heavy atom. The van der Waals surface area contributed by atoms with E-state index in [1.54, 1.807) is 28.8 Å². The van der Waals surface area contributed by atoms with Gasteiger partial charge < -0.3 is 19.7 Å². The fourth-order valence-electron chi connectivity index (χ4n) is 5.87. The van der Waals surface area contributed by atoms with Crippen LogP contribution in [0.1, 0.15) is 122 Å². The number of nitrogens with zero attached hydrogens (tertiary/aromatic N) is 4. The molecule has 0 radical (unpaired) electrons. The van der Waals surface area contributed by atoms with E-state index in [4.69, 9.17) is 40.4 Å². The summed E-state index contributed by atoms with van der Waals surface area (Å²) in [5, 5.41) is 14.6. The third-order valence-electron chi connectivity index (χ3n) is 9.06. The lowest BCUT2D eigenvalue weighted by atomic mass is 9.99. The van der Waals surface area contributed by atoms with E-state index in [1.807, 2.05) is 12.1 Å². The van der Waals surface area contributed by atoms with Gasteiger partial charge in [-0.15, -0.1) is 0 Å². The normalized spacial score (nSPS) is 13.9. The van der Waals surface area contributed by atoms with Crippen LogP contribution < -0.4 is 10.3 Å². The number of nitrogen functional groups attached to an aromatic ring is 1. The highest BCUT2D eigenvalue weighted by Gasteiger charge is 2.38. The van der Waals surface area contributed by atoms with Crippen molar-refractivity contribution in [2.24, 2.45) is 0 Å². The maximum Gasteiger partial charge on any atom is 0.530 e. The monoisotopic (exact) mass is 747 g/mol. The predicted molar refractivity (Wildman–Crippen MR) is 203 cm³/mol. The van der Waals surface area contributed by atoms with E-state index in [0.717, 1.165) is 18.5 Å². The van der Waals surface area contributed by atoms with Crippen LogP contribution in [0.3, 0.4) is 0 Å². The van der Waals surface area contributed by atoms with Gasteiger partial charge in [-0.3, -0.25) is 9.05 Å². The first-order chi connectivity index (χ1) is 24.9. The second-order valence-electron chi connectivity index (χ2n) is 13.1. The van der Waals surface area contributed by atoms with Crippen LogP contribution in [0.15, 0.2) is 42.7 Å². The van der Waals surface area contributed by atoms with Crippen LogP contribution in [0, 0.1) is 11.3 Å². The number of halogens is 1. The molecule has 0 aliphatic heterocycles. The lowest BCUT2D eigenvalue weighted by molar-refractivity contribution is -0.0175. The number of phosphoric ester groups is 1. The van der Waals surface area contributed by atoms with Crippen LogP contribution in [0.25, 0.3) is 5.52 Å². The summed E-state index contributed by atoms with van der Waals surface area (Å²) < 4.78 is 44.0. The van der Waals surface area contributed by atoms with Gasteiger partial charge in [0, 0.05) is 19.4 Å². The maximum atomic E-state index is 13.9. The minimum absolute atomic E-state index is 0.0373. The molecule has 3 aromatic rings. The molecular weight excluding hydrogens is 689 g/mol. The molecule has 284 valence electrons. The number of para-hydroxylation sites is 1. The highest BCUT2D eigenvalue weighted by Crippen LogP contribution is 2.51. The Morgan fingerprint density at radius 2 is 1.49 bits per heavy atom. The van der Waals surface area contributed by atoms with E-state index in [1.165, 1.54) is 103 Å². The number of hydrogen-bond acceptors (Lipinski definition) is 10. The van der Waals surface area contributed by atoms with Crippen molar-refractivity contribution in [3.05, 3.63) is 53.4 Å². The summed E-state index contributed by atoms with van der Waals surface area (Å²) in [6, 6.07) is 12.4. The van der Waals surface area contributed by atoms with Crippen molar-refractivity contribution in [3.63, 3.8) is 0 Å². The summed E-state index contributed by atoms with van der Waals surface area (Å²) in [6.07, 6.45) is 23.0. The highest BCUT2D eigenvalue weighted by molar-refractivity contribution is 7.48. The summed E-state index contributed by atoms with van der Waals surface area (Å²) in [5.41, 5.74) is 5.95. The number of phosphoric acid groups is 1. The topological polar surface area (TPSA) is 143 Å². The molecule has 2 heterocycles. The Bertz CT molecular complexity index is 1490. The molecule has 2 atom stereocenters. The van der Waals surface area contributed by atoms with Crippen LogP contribution >= 0.6 is 19.4 Å². The Morgan fingerprint density at radius 3 is 2.10 bits per heavy atom. The number of unbranched alkanes of at least 4 members (excludes halogenated alkanes) is 15. The van der Waals surface area contributed by atoms with Crippen molar-refractivity contribution in [2.75, 3.05) is 39.3 Å². The average molecular weight is 748 g/mol. The molecule has 2 N–H and O–H groups in total. The number of nitriles is 1. The fourth-order valence-corrected chi connectivity index (χ4v) is 7.34. The van der Waals surface area contributed by atoms with Gasteiger partial charge in [-0.05, 0) is 43.5 Å². The van der Waals surface area contributed by atoms with Crippen LogP contribution in [0.4, 0.5) is 5.82 Å². The number of anilines is 1. The number of ether oxygens (including phenoxy) is 2. The van der Waals surface area contributed by atoms with Crippen molar-refractivity contribution in [1.82, 2.24) is 14.6 Å². The minimum Gasteiger partial charge on any atom is -0.402 e. The first kappa shape index (κ1) is 42.7. The molecule has 1 unspecified atom stereocenters. The Kier molecular flexibility index (Phi) is 20.5. The summed E-state index contributed by atoms with van der Waals surface area (Å²) in [5.74, 6) is 0.482. The smallest absolute Gasteiger partial charge is 0.402 e. The molecule has 0 saturated carbocycles. The van der Waals surface area contributed by atoms with E-state index >= 15 is 0 Å². The van der Waals surface area contributed by atoms with Gasteiger partial charge in [-0.2, -0.15) is 10.4 Å². The summed E-state index contributed by atoms with van der Waals surface area (Å²) in [4.78, 5) is 4.01. The first-order valence-corrected chi connectivity index (χ1v) is 20.6. The molecule has 0 bridgehead atoms. The first-order valence-electron chi connectivity index (χ1n) is 18.8. The van der Waals surface area contributed by atoms with Crippen molar-refractivity contribution in [3.8, 4) is 11.8 Å². The second kappa shape index (κ2) is 24.5. The molecule has 0 amide bonds. The van der Waals surface area contributed by atoms with Gasteiger partial charge in [0.25, 0.3) is 0 Å². The van der Waals surface area contributed by atoms with Crippen LogP contribution in [-0.4, -0.2) is 53.7 Å². The van der Waals surface area contributed by atoms with Gasteiger partial charge in [0.15, 0.2) is 11.4 Å². The van der Waals surface area contributed by atoms with Gasteiger partial charge in [0.2, 0.25) is 0 Å². The van der Waals surface area contributed by atoms with Gasteiger partial charge >= 0.3 is 7.82 Å². The number of aryl methyl sites for hydroxylation is 1. The SMILES string of the molecule is CCCCCCCCCCCCCCCCCCOCCOP(=O)(OC[C@](C#N)(CCc1ccc2c(N)ncnn12)OC)Oc1ccccc1Cl. The zero-order valence-corrected chi connectivity index (χ0v) is 32.4. The fraction of sp³-hybridized carbons (Fsp3) is 0.658. The van der Waals surface area contributed by atoms with E-state index in [9.17, 15) is 9.83 Å². The number of benzene rings is 1. The number of methoxy groups -OCH3 is 1. The lowest BCUT2D eigenvalue weighted by Crippen LogP contribution is -2.36. The highest BCUT2D eigenvalue weighted by atomic mass is 35.5. The number of fused-ring (bicyclic) bond motifs is 1. The van der Waals surface area contributed by atoms with Crippen LogP contribution in [0.5, 0.6) is 5.75 Å². The van der Waals surface area contributed by atoms with Gasteiger partial charge in [-0.25, -0.2) is 14.1 Å². The quantitative estimate of drug-likeness (QED) is 0.0517. The van der Waals surface area contributed by atoms with Crippen molar-refractivity contribution in [2.45, 2.75) is 128 Å². The molecule has 0 aliphatic rings. The number of rotatable bonds is 30. The van der Waals surface area contributed by atoms with Gasteiger partial charge in [0.1, 0.15) is 30.3 Å². The third kappa shape index (κ3) is 15.8.